The lowest BCUT2D eigenvalue weighted by molar-refractivity contribution is 0.101. The first kappa shape index (κ1) is 18.8. The highest BCUT2D eigenvalue weighted by Gasteiger charge is 2.24. The molecule has 0 aliphatic heterocycles. The molecule has 0 saturated carbocycles. The molecular formula is C27H19NO3. The zero-order chi connectivity index (χ0) is 21.4. The van der Waals surface area contributed by atoms with E-state index in [2.05, 4.69) is 5.32 Å². The van der Waals surface area contributed by atoms with Crippen LogP contribution in [0.3, 0.4) is 0 Å². The van der Waals surface area contributed by atoms with Gasteiger partial charge in [-0.1, -0.05) is 78.4 Å². The van der Waals surface area contributed by atoms with Crippen LogP contribution in [-0.4, -0.2) is 11.7 Å². The number of hydrogen-bond donors (Lipinski definition) is 1. The van der Waals surface area contributed by atoms with Crippen LogP contribution in [0.15, 0.2) is 95.4 Å². The number of nitrogens with one attached hydrogen (secondary N) is 1. The number of carbonyl (C=O) groups is 2. The van der Waals surface area contributed by atoms with Gasteiger partial charge in [0.05, 0.1) is 5.69 Å². The average molecular weight is 405 g/mol. The summed E-state index contributed by atoms with van der Waals surface area (Å²) < 4.78 is 5.91. The van der Waals surface area contributed by atoms with Gasteiger partial charge in [-0.2, -0.15) is 0 Å². The van der Waals surface area contributed by atoms with E-state index in [0.717, 1.165) is 16.3 Å². The summed E-state index contributed by atoms with van der Waals surface area (Å²) in [5.41, 5.74) is 3.04. The minimum atomic E-state index is -0.290. The molecule has 1 aromatic heterocycles. The van der Waals surface area contributed by atoms with E-state index in [0.29, 0.717) is 27.8 Å². The van der Waals surface area contributed by atoms with E-state index in [1.54, 1.807) is 24.3 Å². The number of rotatable bonds is 4. The minimum absolute atomic E-state index is 0.124. The topological polar surface area (TPSA) is 59.3 Å². The van der Waals surface area contributed by atoms with Crippen LogP contribution in [0.4, 0.5) is 5.69 Å². The Kier molecular flexibility index (Phi) is 4.60. The molecule has 4 heteroatoms. The van der Waals surface area contributed by atoms with Crippen LogP contribution in [0.2, 0.25) is 0 Å². The third-order valence-electron chi connectivity index (χ3n) is 5.39. The average Bonchev–Trinajstić information content (AvgIpc) is 3.17. The Morgan fingerprint density at radius 1 is 0.742 bits per heavy atom. The van der Waals surface area contributed by atoms with Crippen LogP contribution in [0.5, 0.6) is 0 Å². The number of amides is 1. The minimum Gasteiger partial charge on any atom is -0.450 e. The van der Waals surface area contributed by atoms with Gasteiger partial charge in [0.2, 0.25) is 5.78 Å². The number of aryl methyl sites for hydroxylation is 1. The van der Waals surface area contributed by atoms with E-state index in [1.807, 2.05) is 73.7 Å². The molecule has 0 atom stereocenters. The molecule has 4 nitrogen and oxygen atoms in total. The van der Waals surface area contributed by atoms with Crippen molar-refractivity contribution in [3.63, 3.8) is 0 Å². The van der Waals surface area contributed by atoms with Crippen molar-refractivity contribution in [2.24, 2.45) is 0 Å². The Balaban J connectivity index is 1.60. The number of ketones is 1. The van der Waals surface area contributed by atoms with Gasteiger partial charge in [0, 0.05) is 16.5 Å². The molecule has 0 fully saturated rings. The highest BCUT2D eigenvalue weighted by atomic mass is 16.3. The number of furan rings is 1. The maximum atomic E-state index is 13.3. The molecule has 5 aromatic rings. The summed E-state index contributed by atoms with van der Waals surface area (Å²) >= 11 is 0. The number of anilines is 1. The first-order chi connectivity index (χ1) is 15.1. The largest absolute Gasteiger partial charge is 0.450 e. The summed E-state index contributed by atoms with van der Waals surface area (Å²) in [6, 6.07) is 27.9. The van der Waals surface area contributed by atoms with Crippen LogP contribution in [-0.2, 0) is 0 Å². The van der Waals surface area contributed by atoms with Crippen molar-refractivity contribution in [1.82, 2.24) is 0 Å². The fraction of sp³-hybridized carbons (Fsp3) is 0.0370. The molecule has 0 aliphatic rings. The first-order valence-corrected chi connectivity index (χ1v) is 10.0. The van der Waals surface area contributed by atoms with Gasteiger partial charge in [-0.3, -0.25) is 9.59 Å². The van der Waals surface area contributed by atoms with Crippen LogP contribution >= 0.6 is 0 Å². The maximum Gasteiger partial charge on any atom is 0.256 e. The van der Waals surface area contributed by atoms with Gasteiger partial charge < -0.3 is 9.73 Å². The lowest BCUT2D eigenvalue weighted by atomic mass is 10.0. The molecule has 1 amide bonds. The Morgan fingerprint density at radius 3 is 2.23 bits per heavy atom. The highest BCUT2D eigenvalue weighted by molar-refractivity contribution is 6.20. The van der Waals surface area contributed by atoms with Crippen molar-refractivity contribution in [3.05, 3.63) is 113 Å². The van der Waals surface area contributed by atoms with Crippen molar-refractivity contribution in [2.75, 3.05) is 5.32 Å². The Bertz CT molecular complexity index is 1440. The highest BCUT2D eigenvalue weighted by Crippen LogP contribution is 2.33. The smallest absolute Gasteiger partial charge is 0.256 e. The number of benzene rings is 4. The lowest BCUT2D eigenvalue weighted by Gasteiger charge is -2.09. The summed E-state index contributed by atoms with van der Waals surface area (Å²) in [6.07, 6.45) is 0. The van der Waals surface area contributed by atoms with Crippen molar-refractivity contribution in [3.8, 4) is 0 Å². The van der Waals surface area contributed by atoms with Crippen molar-refractivity contribution < 1.29 is 14.0 Å². The fourth-order valence-corrected chi connectivity index (χ4v) is 3.77. The van der Waals surface area contributed by atoms with Gasteiger partial charge in [0.1, 0.15) is 5.58 Å². The second-order valence-corrected chi connectivity index (χ2v) is 7.48. The van der Waals surface area contributed by atoms with Crippen LogP contribution < -0.4 is 5.32 Å². The number of carbonyl (C=O) groups excluding carboxylic acids is 2. The summed E-state index contributed by atoms with van der Waals surface area (Å²) in [6.45, 7) is 1.96. The molecule has 0 unspecified atom stereocenters. The zero-order valence-corrected chi connectivity index (χ0v) is 16.9. The molecule has 0 saturated heterocycles. The van der Waals surface area contributed by atoms with Crippen molar-refractivity contribution >= 4 is 39.1 Å². The SMILES string of the molecule is Cc1ccc(C(=O)c2oc3ccccc3c2NC(=O)c2cccc3ccccc23)cc1. The van der Waals surface area contributed by atoms with Gasteiger partial charge in [-0.25, -0.2) is 0 Å². The molecule has 1 heterocycles. The molecule has 0 spiro atoms. The van der Waals surface area contributed by atoms with E-state index in [9.17, 15) is 9.59 Å². The molecule has 5 rings (SSSR count). The van der Waals surface area contributed by atoms with E-state index >= 15 is 0 Å². The summed E-state index contributed by atoms with van der Waals surface area (Å²) in [5, 5.41) is 5.46. The van der Waals surface area contributed by atoms with Crippen LogP contribution in [0.1, 0.15) is 32.0 Å². The predicted molar refractivity (Wildman–Crippen MR) is 123 cm³/mol. The zero-order valence-electron chi connectivity index (χ0n) is 16.9. The van der Waals surface area contributed by atoms with E-state index < -0.39 is 0 Å². The third kappa shape index (κ3) is 3.38. The van der Waals surface area contributed by atoms with Crippen molar-refractivity contribution in [2.45, 2.75) is 6.92 Å². The predicted octanol–water partition coefficient (Wildman–Crippen LogP) is 6.38. The van der Waals surface area contributed by atoms with Gasteiger partial charge >= 0.3 is 0 Å². The molecule has 150 valence electrons. The van der Waals surface area contributed by atoms with Gasteiger partial charge in [-0.05, 0) is 35.9 Å². The quantitative estimate of drug-likeness (QED) is 0.353. The normalized spacial score (nSPS) is 11.0. The second-order valence-electron chi connectivity index (χ2n) is 7.48. The number of hydrogen-bond acceptors (Lipinski definition) is 3. The van der Waals surface area contributed by atoms with E-state index in [1.165, 1.54) is 0 Å². The third-order valence-corrected chi connectivity index (χ3v) is 5.39. The van der Waals surface area contributed by atoms with Gasteiger partial charge in [-0.15, -0.1) is 0 Å². The molecule has 31 heavy (non-hydrogen) atoms. The van der Waals surface area contributed by atoms with E-state index in [4.69, 9.17) is 4.42 Å². The molecule has 1 N–H and O–H groups in total. The van der Waals surface area contributed by atoms with E-state index in [-0.39, 0.29) is 17.5 Å². The molecular weight excluding hydrogens is 386 g/mol. The monoisotopic (exact) mass is 405 g/mol. The van der Waals surface area contributed by atoms with Gasteiger partial charge in [0.25, 0.3) is 5.91 Å². The van der Waals surface area contributed by atoms with Crippen molar-refractivity contribution in [1.29, 1.82) is 0 Å². The molecule has 0 bridgehead atoms. The summed E-state index contributed by atoms with van der Waals surface area (Å²) in [5.74, 6) is -0.440. The Morgan fingerprint density at radius 2 is 1.42 bits per heavy atom. The maximum absolute atomic E-state index is 13.3. The Labute approximate surface area is 179 Å². The summed E-state index contributed by atoms with van der Waals surface area (Å²) in [7, 11) is 0. The number of para-hydroxylation sites is 1. The lowest BCUT2D eigenvalue weighted by Crippen LogP contribution is -2.14. The standard InChI is InChI=1S/C27H19NO3/c1-17-13-15-19(16-14-17)25(29)26-24(22-10-4-5-12-23(22)31-26)28-27(30)21-11-6-8-18-7-2-3-9-20(18)21/h2-16H,1H3,(H,28,30). The molecule has 0 aliphatic carbocycles. The Hall–Kier alpha value is -4.18. The molecule has 4 aromatic carbocycles. The fourth-order valence-electron chi connectivity index (χ4n) is 3.77. The van der Waals surface area contributed by atoms with Crippen LogP contribution in [0.25, 0.3) is 21.7 Å². The van der Waals surface area contributed by atoms with Crippen LogP contribution in [0, 0.1) is 6.92 Å². The van der Waals surface area contributed by atoms with Gasteiger partial charge in [0.15, 0.2) is 5.76 Å². The first-order valence-electron chi connectivity index (χ1n) is 10.0. The second kappa shape index (κ2) is 7.58. The molecule has 0 radical (unpaired) electrons. The number of fused-ring (bicyclic) bond motifs is 2. The summed E-state index contributed by atoms with van der Waals surface area (Å²) in [4.78, 5) is 26.5.